The molecule has 1 aromatic carbocycles. The molecule has 0 fully saturated rings. The lowest BCUT2D eigenvalue weighted by molar-refractivity contribution is -0.0505. The summed E-state index contributed by atoms with van der Waals surface area (Å²) in [4.78, 5) is 4.11. The summed E-state index contributed by atoms with van der Waals surface area (Å²) in [6, 6.07) is 3.00. The molecule has 2 heterocycles. The van der Waals surface area contributed by atoms with Gasteiger partial charge in [0.1, 0.15) is 11.6 Å². The van der Waals surface area contributed by atoms with Crippen molar-refractivity contribution < 1.29 is 23.0 Å². The van der Waals surface area contributed by atoms with Crippen LogP contribution in [0.4, 0.5) is 8.78 Å². The van der Waals surface area contributed by atoms with Crippen molar-refractivity contribution in [2.24, 2.45) is 12.0 Å². The van der Waals surface area contributed by atoms with Crippen molar-refractivity contribution in [2.75, 3.05) is 13.8 Å². The Morgan fingerprint density at radius 3 is 2.59 bits per heavy atom. The quantitative estimate of drug-likeness (QED) is 0.575. The van der Waals surface area contributed by atoms with Crippen LogP contribution in [0.25, 0.3) is 0 Å². The molecule has 0 radical (unpaired) electrons. The fourth-order valence-corrected chi connectivity index (χ4v) is 2.48. The highest BCUT2D eigenvalue weighted by Crippen LogP contribution is 2.38. The molecule has 0 saturated heterocycles. The van der Waals surface area contributed by atoms with Gasteiger partial charge >= 0.3 is 6.61 Å². The van der Waals surface area contributed by atoms with Gasteiger partial charge in [0.25, 0.3) is 0 Å². The van der Waals surface area contributed by atoms with Crippen molar-refractivity contribution in [1.82, 2.24) is 25.4 Å². The lowest BCUT2D eigenvalue weighted by Crippen LogP contribution is -2.37. The summed E-state index contributed by atoms with van der Waals surface area (Å²) in [5.74, 6) is 2.86. The van der Waals surface area contributed by atoms with Crippen molar-refractivity contribution in [2.45, 2.75) is 26.6 Å². The third-order valence-corrected chi connectivity index (χ3v) is 4.04. The first-order valence-corrected chi connectivity index (χ1v) is 8.14. The van der Waals surface area contributed by atoms with Crippen LogP contribution in [0.1, 0.15) is 17.2 Å². The predicted octanol–water partition coefficient (Wildman–Crippen LogP) is 1.32. The smallest absolute Gasteiger partial charge is 0.387 e. The molecule has 1 aromatic heterocycles. The van der Waals surface area contributed by atoms with E-state index in [4.69, 9.17) is 9.47 Å². The van der Waals surface area contributed by atoms with Crippen LogP contribution in [0, 0.1) is 6.92 Å². The molecule has 1 aliphatic heterocycles. The summed E-state index contributed by atoms with van der Waals surface area (Å²) >= 11 is 0. The molecule has 3 rings (SSSR count). The molecule has 27 heavy (non-hydrogen) atoms. The van der Waals surface area contributed by atoms with Gasteiger partial charge in [-0.1, -0.05) is 0 Å². The second-order valence-electron chi connectivity index (χ2n) is 5.69. The van der Waals surface area contributed by atoms with Crippen LogP contribution >= 0.6 is 0 Å². The predicted molar refractivity (Wildman–Crippen MR) is 92.0 cm³/mol. The Morgan fingerprint density at radius 2 is 1.96 bits per heavy atom. The van der Waals surface area contributed by atoms with E-state index in [0.29, 0.717) is 29.6 Å². The molecular formula is C16H20F2N6O3. The van der Waals surface area contributed by atoms with Crippen molar-refractivity contribution >= 4 is 5.96 Å². The number of halogens is 2. The van der Waals surface area contributed by atoms with E-state index in [1.165, 1.54) is 6.07 Å². The molecule has 2 N–H and O–H groups in total. The zero-order chi connectivity index (χ0) is 19.4. The molecule has 9 nitrogen and oxygen atoms in total. The molecule has 0 saturated carbocycles. The SMILES string of the molecule is CN=C(NCc1cc2c(cc1OC(F)F)OCO2)NCc1nnc(C)n1C. The third kappa shape index (κ3) is 4.36. The van der Waals surface area contributed by atoms with E-state index >= 15 is 0 Å². The first kappa shape index (κ1) is 18.7. The third-order valence-electron chi connectivity index (χ3n) is 4.04. The normalized spacial score (nSPS) is 13.2. The maximum atomic E-state index is 12.7. The molecule has 0 amide bonds. The average molecular weight is 382 g/mol. The number of aryl methyl sites for hydroxylation is 1. The summed E-state index contributed by atoms with van der Waals surface area (Å²) in [7, 11) is 3.47. The lowest BCUT2D eigenvalue weighted by Gasteiger charge is -2.15. The monoisotopic (exact) mass is 382 g/mol. The number of guanidine groups is 1. The number of nitrogens with zero attached hydrogens (tertiary/aromatic N) is 4. The van der Waals surface area contributed by atoms with Gasteiger partial charge < -0.3 is 29.4 Å². The van der Waals surface area contributed by atoms with Crippen molar-refractivity contribution in [3.05, 3.63) is 29.3 Å². The molecular weight excluding hydrogens is 362 g/mol. The van der Waals surface area contributed by atoms with E-state index in [9.17, 15) is 8.78 Å². The Hall–Kier alpha value is -3.11. The van der Waals surface area contributed by atoms with Crippen LogP contribution in [0.3, 0.4) is 0 Å². The molecule has 0 aliphatic carbocycles. The Morgan fingerprint density at radius 1 is 1.26 bits per heavy atom. The van der Waals surface area contributed by atoms with E-state index in [1.54, 1.807) is 13.1 Å². The molecule has 11 heteroatoms. The largest absolute Gasteiger partial charge is 0.454 e. The van der Waals surface area contributed by atoms with Gasteiger partial charge in [0.15, 0.2) is 23.3 Å². The lowest BCUT2D eigenvalue weighted by atomic mass is 10.1. The standard InChI is InChI=1S/C16H20F2N6O3/c1-9-22-23-14(24(9)3)7-21-16(19-2)20-6-10-4-12-13(26-8-25-12)5-11(10)27-15(17)18/h4-5,15H,6-8H2,1-3H3,(H2,19,20,21). The Kier molecular flexibility index (Phi) is 5.57. The van der Waals surface area contributed by atoms with Gasteiger partial charge in [-0.05, 0) is 13.0 Å². The number of benzene rings is 1. The Labute approximate surface area is 154 Å². The fraction of sp³-hybridized carbons (Fsp3) is 0.438. The van der Waals surface area contributed by atoms with Crippen LogP contribution in [0.2, 0.25) is 0 Å². The minimum absolute atomic E-state index is 0.0149. The number of hydrogen-bond acceptors (Lipinski definition) is 6. The van der Waals surface area contributed by atoms with Gasteiger partial charge in [-0.25, -0.2) is 0 Å². The first-order valence-electron chi connectivity index (χ1n) is 8.14. The van der Waals surface area contributed by atoms with Crippen molar-refractivity contribution in [3.63, 3.8) is 0 Å². The molecule has 0 atom stereocenters. The number of nitrogens with one attached hydrogen (secondary N) is 2. The number of alkyl halides is 2. The molecule has 0 unspecified atom stereocenters. The van der Waals surface area contributed by atoms with Gasteiger partial charge in [0.2, 0.25) is 6.79 Å². The van der Waals surface area contributed by atoms with E-state index in [-0.39, 0.29) is 19.1 Å². The number of ether oxygens (including phenoxy) is 3. The van der Waals surface area contributed by atoms with Gasteiger partial charge in [0.05, 0.1) is 6.54 Å². The second-order valence-corrected chi connectivity index (χ2v) is 5.69. The van der Waals surface area contributed by atoms with Crippen LogP contribution < -0.4 is 24.8 Å². The van der Waals surface area contributed by atoms with Crippen LogP contribution in [0.15, 0.2) is 17.1 Å². The zero-order valence-corrected chi connectivity index (χ0v) is 15.1. The summed E-state index contributed by atoms with van der Waals surface area (Å²) in [6.07, 6.45) is 0. The Balaban J connectivity index is 1.66. The molecule has 146 valence electrons. The number of rotatable bonds is 6. The van der Waals surface area contributed by atoms with Gasteiger partial charge in [-0.2, -0.15) is 8.78 Å². The maximum absolute atomic E-state index is 12.7. The second kappa shape index (κ2) is 8.06. The highest BCUT2D eigenvalue weighted by molar-refractivity contribution is 5.79. The summed E-state index contributed by atoms with van der Waals surface area (Å²) in [5.41, 5.74) is 0.483. The van der Waals surface area contributed by atoms with Crippen molar-refractivity contribution in [1.29, 1.82) is 0 Å². The molecule has 2 aromatic rings. The Bertz CT molecular complexity index is 840. The maximum Gasteiger partial charge on any atom is 0.387 e. The van der Waals surface area contributed by atoms with Gasteiger partial charge in [-0.3, -0.25) is 4.99 Å². The molecule has 0 spiro atoms. The zero-order valence-electron chi connectivity index (χ0n) is 15.1. The van der Waals surface area contributed by atoms with E-state index in [0.717, 1.165) is 11.6 Å². The van der Waals surface area contributed by atoms with Gasteiger partial charge in [-0.15, -0.1) is 10.2 Å². The van der Waals surface area contributed by atoms with Crippen molar-refractivity contribution in [3.8, 4) is 17.2 Å². The number of aliphatic imine (C=N–C) groups is 1. The number of fused-ring (bicyclic) bond motifs is 1. The summed E-state index contributed by atoms with van der Waals surface area (Å²) < 4.78 is 42.3. The van der Waals surface area contributed by atoms with Crippen LogP contribution in [0.5, 0.6) is 17.2 Å². The summed E-state index contributed by atoms with van der Waals surface area (Å²) in [5, 5.41) is 14.2. The minimum atomic E-state index is -2.94. The number of hydrogen-bond donors (Lipinski definition) is 2. The summed E-state index contributed by atoms with van der Waals surface area (Å²) in [6.45, 7) is -0.455. The highest BCUT2D eigenvalue weighted by atomic mass is 19.3. The first-order chi connectivity index (χ1) is 13.0. The minimum Gasteiger partial charge on any atom is -0.454 e. The van der Waals surface area contributed by atoms with E-state index < -0.39 is 6.61 Å². The van der Waals surface area contributed by atoms with E-state index in [1.807, 2.05) is 18.5 Å². The topological polar surface area (TPSA) is 94.8 Å². The van der Waals surface area contributed by atoms with E-state index in [2.05, 4.69) is 30.6 Å². The van der Waals surface area contributed by atoms with Crippen LogP contribution in [-0.4, -0.2) is 41.2 Å². The van der Waals surface area contributed by atoms with Crippen LogP contribution in [-0.2, 0) is 20.1 Å². The highest BCUT2D eigenvalue weighted by Gasteiger charge is 2.20. The van der Waals surface area contributed by atoms with Gasteiger partial charge in [0, 0.05) is 32.3 Å². The average Bonchev–Trinajstić information content (AvgIpc) is 3.21. The molecule has 1 aliphatic rings. The fourth-order valence-electron chi connectivity index (χ4n) is 2.48. The molecule has 0 bridgehead atoms. The number of aromatic nitrogens is 3.